The normalized spacial score (nSPS) is 10.6. The predicted molar refractivity (Wildman–Crippen MR) is 107 cm³/mol. The van der Waals surface area contributed by atoms with Crippen molar-refractivity contribution in [1.82, 2.24) is 4.98 Å². The van der Waals surface area contributed by atoms with Crippen molar-refractivity contribution in [2.75, 3.05) is 5.32 Å². The Hall–Kier alpha value is -2.97. The molecule has 0 saturated carbocycles. The van der Waals surface area contributed by atoms with Gasteiger partial charge in [0.25, 0.3) is 11.7 Å². The van der Waals surface area contributed by atoms with Gasteiger partial charge in [0.05, 0.1) is 16.1 Å². The number of esters is 1. The number of alkyl halides is 2. The Balaban J connectivity index is 1.67. The molecule has 0 unspecified atom stereocenters. The van der Waals surface area contributed by atoms with E-state index in [1.165, 1.54) is 42.6 Å². The zero-order valence-electron chi connectivity index (χ0n) is 14.6. The number of rotatable bonds is 6. The van der Waals surface area contributed by atoms with E-state index in [1.54, 1.807) is 24.3 Å². The van der Waals surface area contributed by atoms with Crippen LogP contribution in [-0.2, 0) is 0 Å². The first-order chi connectivity index (χ1) is 13.9. The minimum atomic E-state index is -2.71. The summed E-state index contributed by atoms with van der Waals surface area (Å²) in [6.07, 6.45) is 1.32. The van der Waals surface area contributed by atoms with Gasteiger partial charge in [0.2, 0.25) is 0 Å². The summed E-state index contributed by atoms with van der Waals surface area (Å²) in [5.74, 6) is -3.72. The molecule has 0 radical (unpaired) electrons. The molecule has 0 spiro atoms. The number of nitrogens with one attached hydrogen (secondary N) is 1. The maximum atomic E-state index is 12.6. The standard InChI is InChI=1S/C20H13ClF2N2O3S/c21-16-6-2-1-4-14(16)17(26)25-12-7-9-13(10-8-12)28-19(27)15-5-3-11-24-18(15)29-20(22)23/h1-11,20H,(H,25,26). The SMILES string of the molecule is O=C(Nc1ccc(OC(=O)c2cccnc2SC(F)F)cc1)c1ccccc1Cl. The zero-order valence-corrected chi connectivity index (χ0v) is 16.2. The summed E-state index contributed by atoms with van der Waals surface area (Å²) in [5, 5.41) is 2.89. The molecular formula is C20H13ClF2N2O3S. The fourth-order valence-corrected chi connectivity index (χ4v) is 3.13. The van der Waals surface area contributed by atoms with Crippen LogP contribution >= 0.6 is 23.4 Å². The second-order valence-electron chi connectivity index (χ2n) is 5.58. The number of ether oxygens (including phenoxy) is 1. The molecule has 29 heavy (non-hydrogen) atoms. The van der Waals surface area contributed by atoms with E-state index in [1.807, 2.05) is 0 Å². The lowest BCUT2D eigenvalue weighted by molar-refractivity contribution is 0.0730. The van der Waals surface area contributed by atoms with Crippen LogP contribution in [0.4, 0.5) is 14.5 Å². The molecule has 2 aromatic carbocycles. The lowest BCUT2D eigenvalue weighted by Gasteiger charge is -2.09. The van der Waals surface area contributed by atoms with E-state index in [0.717, 1.165) is 0 Å². The van der Waals surface area contributed by atoms with Crippen molar-refractivity contribution >= 4 is 40.9 Å². The Bertz CT molecular complexity index is 1030. The van der Waals surface area contributed by atoms with Crippen LogP contribution in [-0.4, -0.2) is 22.6 Å². The number of pyridine rings is 1. The molecule has 1 heterocycles. The third-order valence-electron chi connectivity index (χ3n) is 3.63. The van der Waals surface area contributed by atoms with Crippen LogP contribution in [0.15, 0.2) is 71.9 Å². The second kappa shape index (κ2) is 9.49. The Morgan fingerprint density at radius 2 is 1.69 bits per heavy atom. The minimum absolute atomic E-state index is 0.0612. The number of amides is 1. The molecule has 1 N–H and O–H groups in total. The summed E-state index contributed by atoms with van der Waals surface area (Å²) in [6, 6.07) is 15.4. The lowest BCUT2D eigenvalue weighted by Crippen LogP contribution is -2.13. The molecule has 3 aromatic rings. The Labute approximate surface area is 174 Å². The molecule has 1 aromatic heterocycles. The molecule has 0 aliphatic heterocycles. The number of halogens is 3. The molecule has 0 aliphatic carbocycles. The Morgan fingerprint density at radius 3 is 2.38 bits per heavy atom. The van der Waals surface area contributed by atoms with E-state index < -0.39 is 11.7 Å². The van der Waals surface area contributed by atoms with E-state index in [0.29, 0.717) is 16.3 Å². The molecule has 5 nitrogen and oxygen atoms in total. The summed E-state index contributed by atoms with van der Waals surface area (Å²) in [6.45, 7) is 0. The molecule has 148 valence electrons. The molecule has 1 amide bonds. The minimum Gasteiger partial charge on any atom is -0.423 e. The van der Waals surface area contributed by atoms with Crippen LogP contribution in [0, 0.1) is 0 Å². The van der Waals surface area contributed by atoms with Crippen molar-refractivity contribution in [3.8, 4) is 5.75 Å². The highest BCUT2D eigenvalue weighted by Gasteiger charge is 2.18. The van der Waals surface area contributed by atoms with Gasteiger partial charge in [0.15, 0.2) is 0 Å². The number of hydrogen-bond acceptors (Lipinski definition) is 5. The number of aromatic nitrogens is 1. The molecule has 9 heteroatoms. The van der Waals surface area contributed by atoms with Crippen LogP contribution in [0.5, 0.6) is 5.75 Å². The first-order valence-corrected chi connectivity index (χ1v) is 9.48. The van der Waals surface area contributed by atoms with Gasteiger partial charge in [-0.1, -0.05) is 23.7 Å². The number of nitrogens with zero attached hydrogens (tertiary/aromatic N) is 1. The highest BCUT2D eigenvalue weighted by atomic mass is 35.5. The van der Waals surface area contributed by atoms with E-state index in [-0.39, 0.29) is 34.0 Å². The van der Waals surface area contributed by atoms with Crippen LogP contribution in [0.25, 0.3) is 0 Å². The molecule has 0 saturated heterocycles. The monoisotopic (exact) mass is 434 g/mol. The van der Waals surface area contributed by atoms with E-state index >= 15 is 0 Å². The number of benzene rings is 2. The van der Waals surface area contributed by atoms with E-state index in [2.05, 4.69) is 10.3 Å². The summed E-state index contributed by atoms with van der Waals surface area (Å²) >= 11 is 6.17. The molecule has 0 bridgehead atoms. The largest absolute Gasteiger partial charge is 0.423 e. The zero-order chi connectivity index (χ0) is 20.8. The fourth-order valence-electron chi connectivity index (χ4n) is 2.34. The summed E-state index contributed by atoms with van der Waals surface area (Å²) in [4.78, 5) is 28.3. The Morgan fingerprint density at radius 1 is 1.00 bits per heavy atom. The highest BCUT2D eigenvalue weighted by molar-refractivity contribution is 7.99. The smallest absolute Gasteiger partial charge is 0.346 e. The Kier molecular flexibility index (Phi) is 6.79. The maximum Gasteiger partial charge on any atom is 0.346 e. The fraction of sp³-hybridized carbons (Fsp3) is 0.0500. The number of hydrogen-bond donors (Lipinski definition) is 1. The van der Waals surface area contributed by atoms with Crippen LogP contribution in [0.2, 0.25) is 5.02 Å². The van der Waals surface area contributed by atoms with Gasteiger partial charge in [-0.05, 0) is 60.3 Å². The molecule has 0 atom stereocenters. The van der Waals surface area contributed by atoms with Crippen molar-refractivity contribution in [2.24, 2.45) is 0 Å². The maximum absolute atomic E-state index is 12.6. The number of anilines is 1. The van der Waals surface area contributed by atoms with Crippen molar-refractivity contribution < 1.29 is 23.1 Å². The number of thioether (sulfide) groups is 1. The predicted octanol–water partition coefficient (Wildman–Crippen LogP) is 5.52. The molecule has 0 fully saturated rings. The van der Waals surface area contributed by atoms with Gasteiger partial charge in [0.1, 0.15) is 10.8 Å². The van der Waals surface area contributed by atoms with Crippen molar-refractivity contribution in [2.45, 2.75) is 10.8 Å². The van der Waals surface area contributed by atoms with Gasteiger partial charge in [-0.2, -0.15) is 8.78 Å². The first-order valence-electron chi connectivity index (χ1n) is 8.22. The molecule has 3 rings (SSSR count). The summed E-state index contributed by atoms with van der Waals surface area (Å²) in [5.41, 5.74) is 0.726. The van der Waals surface area contributed by atoms with Gasteiger partial charge >= 0.3 is 5.97 Å². The first kappa shape index (κ1) is 20.8. The van der Waals surface area contributed by atoms with Crippen LogP contribution in [0.1, 0.15) is 20.7 Å². The molecule has 0 aliphatic rings. The topological polar surface area (TPSA) is 68.3 Å². The summed E-state index contributed by atoms with van der Waals surface area (Å²) < 4.78 is 30.4. The lowest BCUT2D eigenvalue weighted by atomic mass is 10.2. The number of carbonyl (C=O) groups excluding carboxylic acids is 2. The average molecular weight is 435 g/mol. The second-order valence-corrected chi connectivity index (χ2v) is 6.97. The van der Waals surface area contributed by atoms with Crippen molar-refractivity contribution in [3.05, 3.63) is 83.0 Å². The quantitative estimate of drug-likeness (QED) is 0.314. The van der Waals surface area contributed by atoms with Crippen molar-refractivity contribution in [1.29, 1.82) is 0 Å². The summed E-state index contributed by atoms with van der Waals surface area (Å²) in [7, 11) is 0. The van der Waals surface area contributed by atoms with Gasteiger partial charge in [0, 0.05) is 11.9 Å². The van der Waals surface area contributed by atoms with Gasteiger partial charge in [-0.15, -0.1) is 0 Å². The van der Waals surface area contributed by atoms with E-state index in [9.17, 15) is 18.4 Å². The van der Waals surface area contributed by atoms with Crippen molar-refractivity contribution in [3.63, 3.8) is 0 Å². The van der Waals surface area contributed by atoms with Crippen LogP contribution < -0.4 is 10.1 Å². The highest BCUT2D eigenvalue weighted by Crippen LogP contribution is 2.27. The molecular weight excluding hydrogens is 422 g/mol. The average Bonchev–Trinajstić information content (AvgIpc) is 2.69. The van der Waals surface area contributed by atoms with Gasteiger partial charge in [-0.3, -0.25) is 4.79 Å². The van der Waals surface area contributed by atoms with Gasteiger partial charge in [-0.25, -0.2) is 9.78 Å². The third kappa shape index (κ3) is 5.52. The van der Waals surface area contributed by atoms with Gasteiger partial charge < -0.3 is 10.1 Å². The van der Waals surface area contributed by atoms with E-state index in [4.69, 9.17) is 16.3 Å². The van der Waals surface area contributed by atoms with Crippen LogP contribution in [0.3, 0.4) is 0 Å². The number of carbonyl (C=O) groups is 2. The third-order valence-corrected chi connectivity index (χ3v) is 4.69.